The Bertz CT molecular complexity index is 596. The summed E-state index contributed by atoms with van der Waals surface area (Å²) >= 11 is 0. The molecule has 1 aromatic carbocycles. The third kappa shape index (κ3) is 2.87. The Hall–Kier alpha value is -2.41. The molecule has 0 radical (unpaired) electrons. The van der Waals surface area contributed by atoms with Crippen molar-refractivity contribution in [1.29, 1.82) is 0 Å². The fourth-order valence-electron chi connectivity index (χ4n) is 2.07. The minimum absolute atomic E-state index is 0.147. The molecular weight excluding hydrogens is 274 g/mol. The van der Waals surface area contributed by atoms with E-state index in [1.807, 2.05) is 6.92 Å². The predicted octanol–water partition coefficient (Wildman–Crippen LogP) is 0.805. The maximum Gasteiger partial charge on any atom is 0.319 e. The van der Waals surface area contributed by atoms with E-state index in [4.69, 9.17) is 5.11 Å². The number of fused-ring (bicyclic) bond motifs is 1. The summed E-state index contributed by atoms with van der Waals surface area (Å²) in [4.78, 5) is 36.4. The van der Waals surface area contributed by atoms with Crippen LogP contribution < -0.4 is 10.6 Å². The molecule has 112 valence electrons. The van der Waals surface area contributed by atoms with Crippen LogP contribution in [0.3, 0.4) is 0 Å². The van der Waals surface area contributed by atoms with Gasteiger partial charge in [0.2, 0.25) is 0 Å². The number of hydrogen-bond acceptors (Lipinski definition) is 4. The van der Waals surface area contributed by atoms with E-state index in [1.54, 1.807) is 6.07 Å². The first-order chi connectivity index (χ1) is 9.97. The molecular formula is C14H17N3O4. The second-order valence-electron chi connectivity index (χ2n) is 4.82. The highest BCUT2D eigenvalue weighted by molar-refractivity contribution is 6.21. The first-order valence-electron chi connectivity index (χ1n) is 6.62. The maximum atomic E-state index is 11.9. The van der Waals surface area contributed by atoms with Crippen LogP contribution in [0.5, 0.6) is 0 Å². The number of carbonyl (C=O) groups excluding carboxylic acids is 3. The van der Waals surface area contributed by atoms with Crippen LogP contribution in [0, 0.1) is 0 Å². The first-order valence-corrected chi connectivity index (χ1v) is 6.62. The number of anilines is 1. The number of benzene rings is 1. The van der Waals surface area contributed by atoms with E-state index in [1.165, 1.54) is 19.2 Å². The molecule has 1 atom stereocenters. The second kappa shape index (κ2) is 5.92. The van der Waals surface area contributed by atoms with Gasteiger partial charge in [0.15, 0.2) is 0 Å². The zero-order valence-corrected chi connectivity index (χ0v) is 11.8. The van der Waals surface area contributed by atoms with Gasteiger partial charge in [-0.1, -0.05) is 6.92 Å². The van der Waals surface area contributed by atoms with Crippen LogP contribution in [0.15, 0.2) is 18.2 Å². The number of nitrogens with one attached hydrogen (secondary N) is 2. The Morgan fingerprint density at radius 2 is 1.95 bits per heavy atom. The Kier molecular flexibility index (Phi) is 4.23. The second-order valence-corrected chi connectivity index (χ2v) is 4.82. The lowest BCUT2D eigenvalue weighted by Gasteiger charge is -2.14. The number of imide groups is 1. The lowest BCUT2D eigenvalue weighted by Crippen LogP contribution is -2.39. The van der Waals surface area contributed by atoms with Crippen molar-refractivity contribution in [2.45, 2.75) is 19.4 Å². The highest BCUT2D eigenvalue weighted by Crippen LogP contribution is 2.24. The van der Waals surface area contributed by atoms with Crippen LogP contribution >= 0.6 is 0 Å². The molecule has 3 N–H and O–H groups in total. The van der Waals surface area contributed by atoms with Crippen molar-refractivity contribution < 1.29 is 19.5 Å². The van der Waals surface area contributed by atoms with Gasteiger partial charge in [-0.2, -0.15) is 0 Å². The van der Waals surface area contributed by atoms with Gasteiger partial charge in [-0.3, -0.25) is 14.5 Å². The molecule has 2 rings (SSSR count). The number of nitrogens with zero attached hydrogens (tertiary/aromatic N) is 1. The van der Waals surface area contributed by atoms with E-state index in [0.29, 0.717) is 17.7 Å². The number of aliphatic hydroxyl groups excluding tert-OH is 1. The van der Waals surface area contributed by atoms with Crippen molar-refractivity contribution in [3.05, 3.63) is 29.3 Å². The van der Waals surface area contributed by atoms with Gasteiger partial charge in [0.25, 0.3) is 11.8 Å². The van der Waals surface area contributed by atoms with Crippen molar-refractivity contribution in [3.8, 4) is 0 Å². The highest BCUT2D eigenvalue weighted by Gasteiger charge is 2.32. The standard InChI is InChI=1S/C14H17N3O4/c1-3-8(7-18)15-14(21)16-9-4-5-10-11(6-9)13(20)17(2)12(10)19/h4-6,8,18H,3,7H2,1-2H3,(H2,15,16,21). The van der Waals surface area contributed by atoms with Gasteiger partial charge in [-0.25, -0.2) is 4.79 Å². The molecule has 1 heterocycles. The number of rotatable bonds is 4. The lowest BCUT2D eigenvalue weighted by atomic mass is 10.1. The minimum Gasteiger partial charge on any atom is -0.394 e. The van der Waals surface area contributed by atoms with E-state index in [9.17, 15) is 14.4 Å². The average Bonchev–Trinajstić information content (AvgIpc) is 2.69. The quantitative estimate of drug-likeness (QED) is 0.715. The normalized spacial score (nSPS) is 14.9. The van der Waals surface area contributed by atoms with E-state index in [-0.39, 0.29) is 30.0 Å². The summed E-state index contributed by atoms with van der Waals surface area (Å²) < 4.78 is 0. The SMILES string of the molecule is CCC(CO)NC(=O)Nc1ccc2c(c1)C(=O)N(C)C2=O. The van der Waals surface area contributed by atoms with Crippen molar-refractivity contribution >= 4 is 23.5 Å². The molecule has 0 fully saturated rings. The van der Waals surface area contributed by atoms with E-state index < -0.39 is 6.03 Å². The third-order valence-electron chi connectivity index (χ3n) is 3.40. The molecule has 7 nitrogen and oxygen atoms in total. The molecule has 21 heavy (non-hydrogen) atoms. The minimum atomic E-state index is -0.471. The number of aliphatic hydroxyl groups is 1. The summed E-state index contributed by atoms with van der Waals surface area (Å²) in [6.45, 7) is 1.70. The Balaban J connectivity index is 2.12. The Morgan fingerprint density at radius 1 is 1.29 bits per heavy atom. The summed E-state index contributed by atoms with van der Waals surface area (Å²) in [6, 6.07) is 3.74. The van der Waals surface area contributed by atoms with Gasteiger partial charge < -0.3 is 15.7 Å². The number of hydrogen-bond donors (Lipinski definition) is 3. The van der Waals surface area contributed by atoms with Crippen molar-refractivity contribution in [1.82, 2.24) is 10.2 Å². The molecule has 0 aliphatic carbocycles. The summed E-state index contributed by atoms with van der Waals surface area (Å²) in [6.07, 6.45) is 0.603. The number of urea groups is 1. The summed E-state index contributed by atoms with van der Waals surface area (Å²) in [5.74, 6) is -0.738. The van der Waals surface area contributed by atoms with Crippen molar-refractivity contribution in [2.24, 2.45) is 0 Å². The van der Waals surface area contributed by atoms with Crippen LogP contribution in [0.25, 0.3) is 0 Å². The predicted molar refractivity (Wildman–Crippen MR) is 76.2 cm³/mol. The van der Waals surface area contributed by atoms with Crippen LogP contribution in [0.4, 0.5) is 10.5 Å². The zero-order chi connectivity index (χ0) is 15.6. The number of amides is 4. The molecule has 0 saturated heterocycles. The molecule has 1 unspecified atom stereocenters. The molecule has 0 spiro atoms. The fraction of sp³-hybridized carbons (Fsp3) is 0.357. The summed E-state index contributed by atoms with van der Waals surface area (Å²) in [7, 11) is 1.41. The fourth-order valence-corrected chi connectivity index (χ4v) is 2.07. The molecule has 7 heteroatoms. The molecule has 1 aliphatic heterocycles. The van der Waals surface area contributed by atoms with Crippen molar-refractivity contribution in [3.63, 3.8) is 0 Å². The Labute approximate surface area is 121 Å². The van der Waals surface area contributed by atoms with Gasteiger partial charge in [-0.15, -0.1) is 0 Å². The van der Waals surface area contributed by atoms with Gasteiger partial charge >= 0.3 is 6.03 Å². The monoisotopic (exact) mass is 291 g/mol. The van der Waals surface area contributed by atoms with Gasteiger partial charge in [0, 0.05) is 12.7 Å². The maximum absolute atomic E-state index is 11.9. The smallest absolute Gasteiger partial charge is 0.319 e. The van der Waals surface area contributed by atoms with Crippen molar-refractivity contribution in [2.75, 3.05) is 19.0 Å². The van der Waals surface area contributed by atoms with E-state index >= 15 is 0 Å². The Morgan fingerprint density at radius 3 is 2.57 bits per heavy atom. The van der Waals surface area contributed by atoms with Crippen LogP contribution in [0.1, 0.15) is 34.1 Å². The van der Waals surface area contributed by atoms with Gasteiger partial charge in [0.1, 0.15) is 0 Å². The molecule has 1 aromatic rings. The molecule has 1 aliphatic rings. The highest BCUT2D eigenvalue weighted by atomic mass is 16.3. The third-order valence-corrected chi connectivity index (χ3v) is 3.40. The molecule has 0 aromatic heterocycles. The van der Waals surface area contributed by atoms with Gasteiger partial charge in [-0.05, 0) is 24.6 Å². The lowest BCUT2D eigenvalue weighted by molar-refractivity contribution is 0.0693. The average molecular weight is 291 g/mol. The zero-order valence-electron chi connectivity index (χ0n) is 11.8. The summed E-state index contributed by atoms with van der Waals surface area (Å²) in [5.41, 5.74) is 1.01. The largest absolute Gasteiger partial charge is 0.394 e. The summed E-state index contributed by atoms with van der Waals surface area (Å²) in [5, 5.41) is 14.2. The van der Waals surface area contributed by atoms with Crippen LogP contribution in [-0.2, 0) is 0 Å². The first kappa shape index (κ1) is 15.0. The van der Waals surface area contributed by atoms with Crippen LogP contribution in [0.2, 0.25) is 0 Å². The number of carbonyl (C=O) groups is 3. The van der Waals surface area contributed by atoms with E-state index in [0.717, 1.165) is 4.90 Å². The van der Waals surface area contributed by atoms with Gasteiger partial charge in [0.05, 0.1) is 23.8 Å². The molecule has 4 amide bonds. The topological polar surface area (TPSA) is 98.7 Å². The molecule has 0 bridgehead atoms. The van der Waals surface area contributed by atoms with Crippen LogP contribution in [-0.4, -0.2) is 47.5 Å². The molecule has 0 saturated carbocycles. The van der Waals surface area contributed by atoms with E-state index in [2.05, 4.69) is 10.6 Å².